The summed E-state index contributed by atoms with van der Waals surface area (Å²) in [6.45, 7) is 11.7. The van der Waals surface area contributed by atoms with Crippen molar-refractivity contribution >= 4 is 14.0 Å². The molecular formula is C36H41NO3Si. The van der Waals surface area contributed by atoms with E-state index in [0.717, 1.165) is 33.5 Å². The molecule has 0 saturated carbocycles. The molecule has 0 aliphatic rings. The van der Waals surface area contributed by atoms with Gasteiger partial charge in [0.25, 0.3) is 0 Å². The van der Waals surface area contributed by atoms with Gasteiger partial charge in [-0.25, -0.2) is 0 Å². The van der Waals surface area contributed by atoms with Crippen LogP contribution in [0.1, 0.15) is 43.5 Å². The number of anilines is 1. The van der Waals surface area contributed by atoms with Crippen LogP contribution in [0.3, 0.4) is 0 Å². The maximum atomic E-state index is 6.75. The van der Waals surface area contributed by atoms with Crippen molar-refractivity contribution in [2.45, 2.75) is 51.6 Å². The van der Waals surface area contributed by atoms with Gasteiger partial charge >= 0.3 is 0 Å². The van der Waals surface area contributed by atoms with E-state index in [4.69, 9.17) is 13.9 Å². The summed E-state index contributed by atoms with van der Waals surface area (Å²) in [6.07, 6.45) is 0. The normalized spacial score (nSPS) is 12.2. The number of nitrogens with one attached hydrogen (secondary N) is 1. The van der Waals surface area contributed by atoms with Crippen LogP contribution in [0.2, 0.25) is 18.1 Å². The quantitative estimate of drug-likeness (QED) is 0.163. The Morgan fingerprint density at radius 1 is 0.756 bits per heavy atom. The number of ether oxygens (including phenoxy) is 2. The molecule has 1 atom stereocenters. The molecule has 0 aliphatic heterocycles. The lowest BCUT2D eigenvalue weighted by atomic mass is 9.91. The third-order valence-electron chi connectivity index (χ3n) is 7.81. The smallest absolute Gasteiger partial charge is 0.192 e. The number of benzene rings is 4. The molecule has 1 unspecified atom stereocenters. The highest BCUT2D eigenvalue weighted by molar-refractivity contribution is 6.74. The fraction of sp³-hybridized carbons (Fsp3) is 0.278. The summed E-state index contributed by atoms with van der Waals surface area (Å²) in [5, 5.41) is 3.75. The molecule has 0 heterocycles. The number of hydrogen-bond donors (Lipinski definition) is 1. The monoisotopic (exact) mass is 563 g/mol. The molecule has 0 aromatic heterocycles. The van der Waals surface area contributed by atoms with Crippen LogP contribution < -0.4 is 14.8 Å². The summed E-state index contributed by atoms with van der Waals surface area (Å²) in [5.74, 6) is 8.28. The summed E-state index contributed by atoms with van der Waals surface area (Å²) < 4.78 is 18.4. The highest BCUT2D eigenvalue weighted by atomic mass is 28.4. The van der Waals surface area contributed by atoms with Crippen molar-refractivity contribution in [1.29, 1.82) is 0 Å². The first-order chi connectivity index (χ1) is 19.6. The predicted molar refractivity (Wildman–Crippen MR) is 173 cm³/mol. The second-order valence-electron chi connectivity index (χ2n) is 11.5. The average molecular weight is 564 g/mol. The summed E-state index contributed by atoms with van der Waals surface area (Å²) >= 11 is 0. The number of methoxy groups -OCH3 is 2. The van der Waals surface area contributed by atoms with Crippen molar-refractivity contribution in [3.63, 3.8) is 0 Å². The van der Waals surface area contributed by atoms with Gasteiger partial charge in [-0.2, -0.15) is 0 Å². The summed E-state index contributed by atoms with van der Waals surface area (Å²) in [7, 11) is 1.32. The first kappa shape index (κ1) is 30.0. The summed E-state index contributed by atoms with van der Waals surface area (Å²) in [4.78, 5) is 0. The highest BCUT2D eigenvalue weighted by Gasteiger charge is 2.37. The largest absolute Gasteiger partial charge is 0.493 e. The summed E-state index contributed by atoms with van der Waals surface area (Å²) in [6, 6.07) is 32.5. The molecule has 1 N–H and O–H groups in total. The van der Waals surface area contributed by atoms with Crippen molar-refractivity contribution in [2.24, 2.45) is 0 Å². The highest BCUT2D eigenvalue weighted by Crippen LogP contribution is 2.43. The van der Waals surface area contributed by atoms with Crippen LogP contribution >= 0.6 is 0 Å². The van der Waals surface area contributed by atoms with Gasteiger partial charge in [0, 0.05) is 16.8 Å². The Morgan fingerprint density at radius 2 is 1.39 bits per heavy atom. The maximum Gasteiger partial charge on any atom is 0.192 e. The Bertz CT molecular complexity index is 1500. The molecule has 0 spiro atoms. The Morgan fingerprint density at radius 3 is 2.02 bits per heavy atom. The average Bonchev–Trinajstić information content (AvgIpc) is 2.98. The molecule has 0 amide bonds. The van der Waals surface area contributed by atoms with E-state index in [1.54, 1.807) is 14.2 Å². The lowest BCUT2D eigenvalue weighted by Gasteiger charge is -2.36. The van der Waals surface area contributed by atoms with Crippen molar-refractivity contribution in [3.05, 3.63) is 114 Å². The zero-order chi connectivity index (χ0) is 29.5. The second kappa shape index (κ2) is 13.1. The Labute approximate surface area is 246 Å². The first-order valence-electron chi connectivity index (χ1n) is 14.0. The molecule has 0 bridgehead atoms. The molecule has 5 heteroatoms. The van der Waals surface area contributed by atoms with Gasteiger partial charge in [-0.3, -0.25) is 0 Å². The second-order valence-corrected chi connectivity index (χ2v) is 16.4. The number of para-hydroxylation sites is 1. The van der Waals surface area contributed by atoms with Crippen LogP contribution in [0, 0.1) is 11.8 Å². The van der Waals surface area contributed by atoms with Crippen molar-refractivity contribution < 1.29 is 13.9 Å². The van der Waals surface area contributed by atoms with E-state index < -0.39 is 8.32 Å². The summed E-state index contributed by atoms with van der Waals surface area (Å²) in [5.41, 5.74) is 6.12. The minimum absolute atomic E-state index is 0.0783. The minimum atomic E-state index is -2.04. The molecule has 0 fully saturated rings. The third-order valence-corrected chi connectivity index (χ3v) is 12.3. The zero-order valence-corrected chi connectivity index (χ0v) is 26.2. The molecule has 4 aromatic rings. The van der Waals surface area contributed by atoms with Crippen LogP contribution in [0.5, 0.6) is 11.5 Å². The molecule has 4 rings (SSSR count). The Kier molecular flexibility index (Phi) is 9.60. The van der Waals surface area contributed by atoms with Crippen LogP contribution in [0.4, 0.5) is 5.69 Å². The molecule has 212 valence electrons. The van der Waals surface area contributed by atoms with Gasteiger partial charge in [0.1, 0.15) is 6.04 Å². The molecule has 0 aliphatic carbocycles. The molecule has 4 aromatic carbocycles. The van der Waals surface area contributed by atoms with E-state index in [0.29, 0.717) is 18.1 Å². The van der Waals surface area contributed by atoms with E-state index in [-0.39, 0.29) is 11.1 Å². The predicted octanol–water partition coefficient (Wildman–Crippen LogP) is 9.10. The van der Waals surface area contributed by atoms with E-state index in [1.807, 2.05) is 54.6 Å². The van der Waals surface area contributed by atoms with Crippen molar-refractivity contribution in [1.82, 2.24) is 0 Å². The lowest BCUT2D eigenvalue weighted by Crippen LogP contribution is -2.40. The SMILES string of the molecule is COc1ccc(-c2ccccc2C(C#Cc2ccccc2)Nc2ccccc2)c(CO[Si](C)(C)C(C)(C)C)c1OC. The number of hydrogen-bond acceptors (Lipinski definition) is 4. The minimum Gasteiger partial charge on any atom is -0.493 e. The van der Waals surface area contributed by atoms with Gasteiger partial charge in [-0.05, 0) is 65.2 Å². The standard InChI is InChI=1S/C36H41NO3Si/c1-36(2,3)41(6,7)40-26-32-30(23-25-34(38-4)35(32)39-5)29-20-14-15-21-31(29)33(37-28-18-12-9-13-19-28)24-22-27-16-10-8-11-17-27/h8-21,23,25,33,37H,26H2,1-7H3. The zero-order valence-electron chi connectivity index (χ0n) is 25.2. The van der Waals surface area contributed by atoms with Crippen LogP contribution in [0.15, 0.2) is 97.1 Å². The molecule has 0 saturated heterocycles. The van der Waals surface area contributed by atoms with Gasteiger partial charge in [0.15, 0.2) is 19.8 Å². The lowest BCUT2D eigenvalue weighted by molar-refractivity contribution is 0.267. The Balaban J connectivity index is 1.86. The van der Waals surface area contributed by atoms with Crippen molar-refractivity contribution in [2.75, 3.05) is 19.5 Å². The van der Waals surface area contributed by atoms with E-state index in [1.165, 1.54) is 0 Å². The van der Waals surface area contributed by atoms with Gasteiger partial charge in [0.2, 0.25) is 0 Å². The fourth-order valence-corrected chi connectivity index (χ4v) is 5.36. The molecular weight excluding hydrogens is 522 g/mol. The van der Waals surface area contributed by atoms with E-state index in [9.17, 15) is 0 Å². The molecule has 4 nitrogen and oxygen atoms in total. The third kappa shape index (κ3) is 7.21. The van der Waals surface area contributed by atoms with E-state index in [2.05, 4.69) is 93.5 Å². The maximum absolute atomic E-state index is 6.75. The van der Waals surface area contributed by atoms with Crippen LogP contribution in [-0.4, -0.2) is 22.5 Å². The molecule has 41 heavy (non-hydrogen) atoms. The molecule has 0 radical (unpaired) electrons. The number of rotatable bonds is 9. The van der Waals surface area contributed by atoms with Crippen molar-refractivity contribution in [3.8, 4) is 34.5 Å². The fourth-order valence-electron chi connectivity index (χ4n) is 4.42. The Hall–Kier alpha value is -3.98. The van der Waals surface area contributed by atoms with Gasteiger partial charge in [0.05, 0.1) is 20.8 Å². The van der Waals surface area contributed by atoms with Gasteiger partial charge in [-0.1, -0.05) is 99.3 Å². The van der Waals surface area contributed by atoms with Crippen LogP contribution in [0.25, 0.3) is 11.1 Å². The van der Waals surface area contributed by atoms with Crippen LogP contribution in [-0.2, 0) is 11.0 Å². The first-order valence-corrected chi connectivity index (χ1v) is 16.9. The van der Waals surface area contributed by atoms with E-state index >= 15 is 0 Å². The van der Waals surface area contributed by atoms with Gasteiger partial charge in [-0.15, -0.1) is 0 Å². The van der Waals surface area contributed by atoms with Gasteiger partial charge < -0.3 is 19.2 Å². The topological polar surface area (TPSA) is 39.7 Å².